The second-order valence-corrected chi connectivity index (χ2v) is 9.47. The highest BCUT2D eigenvalue weighted by atomic mass is 35.5. The third-order valence-electron chi connectivity index (χ3n) is 6.43. The van der Waals surface area contributed by atoms with Gasteiger partial charge in [-0.2, -0.15) is 0 Å². The lowest BCUT2D eigenvalue weighted by molar-refractivity contribution is -0.167. The van der Waals surface area contributed by atoms with Crippen LogP contribution in [0.15, 0.2) is 66.7 Å². The predicted molar refractivity (Wildman–Crippen MR) is 145 cm³/mol. The van der Waals surface area contributed by atoms with Crippen molar-refractivity contribution in [1.29, 1.82) is 0 Å². The first-order valence-corrected chi connectivity index (χ1v) is 13.2. The quantitative estimate of drug-likeness (QED) is 0.132. The zero-order valence-electron chi connectivity index (χ0n) is 21.0. The lowest BCUT2D eigenvalue weighted by Crippen LogP contribution is -2.45. The van der Waals surface area contributed by atoms with Crippen molar-refractivity contribution in [3.8, 4) is 5.75 Å². The summed E-state index contributed by atoms with van der Waals surface area (Å²) in [6.45, 7) is 2.60. The molecular weight excluding hydrogens is 458 g/mol. The minimum Gasteiger partial charge on any atom is -0.493 e. The van der Waals surface area contributed by atoms with Crippen LogP contribution in [0.2, 0.25) is 5.02 Å². The van der Waals surface area contributed by atoms with Gasteiger partial charge in [-0.25, -0.2) is 0 Å². The van der Waals surface area contributed by atoms with Gasteiger partial charge in [-0.05, 0) is 48.5 Å². The summed E-state index contributed by atoms with van der Waals surface area (Å²) in [5.41, 5.74) is -0.140. The summed E-state index contributed by atoms with van der Waals surface area (Å²) in [5, 5.41) is 6.20. The number of halogens is 1. The van der Waals surface area contributed by atoms with E-state index in [0.717, 1.165) is 29.5 Å². The Morgan fingerprint density at radius 2 is 1.57 bits per heavy atom. The predicted octanol–water partition coefficient (Wildman–Crippen LogP) is 8.02. The monoisotopic (exact) mass is 495 g/mol. The smallest absolute Gasteiger partial charge is 0.307 e. The fourth-order valence-corrected chi connectivity index (χ4v) is 4.46. The van der Waals surface area contributed by atoms with Gasteiger partial charge in [0.05, 0.1) is 6.61 Å². The van der Waals surface area contributed by atoms with Gasteiger partial charge in [-0.15, -0.1) is 0 Å². The van der Waals surface area contributed by atoms with Crippen molar-refractivity contribution in [2.45, 2.75) is 70.4 Å². The second kappa shape index (κ2) is 14.1. The number of hydrogen-bond acceptors (Lipinski definition) is 4. The Hall–Kier alpha value is -2.56. The molecule has 1 unspecified atom stereocenters. The first-order chi connectivity index (χ1) is 17.1. The van der Waals surface area contributed by atoms with Crippen LogP contribution in [0, 0.1) is 0 Å². The van der Waals surface area contributed by atoms with E-state index in [1.807, 2.05) is 55.6 Å². The van der Waals surface area contributed by atoms with E-state index in [1.54, 1.807) is 0 Å². The maximum Gasteiger partial charge on any atom is 0.307 e. The number of ether oxygens (including phenoxy) is 2. The molecule has 4 nitrogen and oxygen atoms in total. The molecule has 0 aliphatic rings. The number of carbonyl (C=O) groups excluding carboxylic acids is 1. The molecule has 3 aromatic rings. The molecule has 0 saturated heterocycles. The molecule has 1 N–H and O–H groups in total. The fourth-order valence-electron chi connectivity index (χ4n) is 4.34. The summed E-state index contributed by atoms with van der Waals surface area (Å²) in [6, 6.07) is 21.7. The molecule has 0 aromatic heterocycles. The van der Waals surface area contributed by atoms with Crippen LogP contribution in [-0.2, 0) is 15.3 Å². The van der Waals surface area contributed by atoms with Crippen molar-refractivity contribution in [3.63, 3.8) is 0 Å². The van der Waals surface area contributed by atoms with E-state index in [9.17, 15) is 4.79 Å². The summed E-state index contributed by atoms with van der Waals surface area (Å²) in [5.74, 6) is 0.591. The van der Waals surface area contributed by atoms with E-state index in [-0.39, 0.29) is 5.97 Å². The molecule has 1 atom stereocenters. The van der Waals surface area contributed by atoms with Crippen molar-refractivity contribution in [1.82, 2.24) is 5.32 Å². The highest BCUT2D eigenvalue weighted by Gasteiger charge is 2.35. The zero-order valence-corrected chi connectivity index (χ0v) is 21.8. The topological polar surface area (TPSA) is 47.6 Å². The molecule has 0 aliphatic heterocycles. The molecule has 0 saturated carbocycles. The van der Waals surface area contributed by atoms with Crippen LogP contribution in [0.3, 0.4) is 0 Å². The molecule has 0 fully saturated rings. The standard InChI is InChI=1S/C30H38ClNO3/c1-3-4-5-6-7-8-9-14-29(33)35-30(32-2,26-16-18-27(31)19-17-26)21-22-34-28-20-15-24-12-10-11-13-25(24)23-28/h10-13,15-20,23,32H,3-9,14,21-22H2,1-2H3. The molecule has 0 spiro atoms. The normalized spacial score (nSPS) is 12.9. The molecule has 3 rings (SSSR count). The number of nitrogens with one attached hydrogen (secondary N) is 1. The minimum atomic E-state index is -0.986. The summed E-state index contributed by atoms with van der Waals surface area (Å²) in [4.78, 5) is 12.8. The molecule has 0 heterocycles. The van der Waals surface area contributed by atoms with Gasteiger partial charge in [0, 0.05) is 23.4 Å². The Balaban J connectivity index is 1.62. The van der Waals surface area contributed by atoms with Crippen LogP contribution in [-0.4, -0.2) is 19.6 Å². The lowest BCUT2D eigenvalue weighted by Gasteiger charge is -2.34. The highest BCUT2D eigenvalue weighted by molar-refractivity contribution is 6.30. The van der Waals surface area contributed by atoms with E-state index in [1.165, 1.54) is 37.5 Å². The average molecular weight is 496 g/mol. The van der Waals surface area contributed by atoms with Crippen molar-refractivity contribution < 1.29 is 14.3 Å². The van der Waals surface area contributed by atoms with E-state index >= 15 is 0 Å². The van der Waals surface area contributed by atoms with Gasteiger partial charge in [0.2, 0.25) is 0 Å². The van der Waals surface area contributed by atoms with Crippen molar-refractivity contribution in [3.05, 3.63) is 77.3 Å². The zero-order chi connectivity index (χ0) is 24.9. The van der Waals surface area contributed by atoms with Crippen LogP contribution in [0.1, 0.15) is 70.3 Å². The van der Waals surface area contributed by atoms with E-state index in [0.29, 0.717) is 24.5 Å². The van der Waals surface area contributed by atoms with Crippen molar-refractivity contribution in [2.24, 2.45) is 0 Å². The van der Waals surface area contributed by atoms with Gasteiger partial charge in [0.25, 0.3) is 0 Å². The van der Waals surface area contributed by atoms with Crippen LogP contribution >= 0.6 is 11.6 Å². The van der Waals surface area contributed by atoms with Crippen molar-refractivity contribution >= 4 is 28.3 Å². The molecule has 0 amide bonds. The van der Waals surface area contributed by atoms with Crippen LogP contribution in [0.4, 0.5) is 0 Å². The SMILES string of the molecule is CCCCCCCCCC(=O)OC(CCOc1ccc2ccccc2c1)(NC)c1ccc(Cl)cc1. The molecule has 5 heteroatoms. The van der Waals surface area contributed by atoms with Gasteiger partial charge in [0.15, 0.2) is 5.72 Å². The van der Waals surface area contributed by atoms with E-state index < -0.39 is 5.72 Å². The Kier molecular flexibility index (Phi) is 10.9. The molecule has 0 radical (unpaired) electrons. The van der Waals surface area contributed by atoms with Crippen molar-refractivity contribution in [2.75, 3.05) is 13.7 Å². The number of benzene rings is 3. The van der Waals surface area contributed by atoms with Gasteiger partial charge in [-0.1, -0.05) is 99.5 Å². The lowest BCUT2D eigenvalue weighted by atomic mass is 9.99. The molecule has 0 bridgehead atoms. The number of carbonyl (C=O) groups is 1. The third kappa shape index (κ3) is 8.26. The maximum absolute atomic E-state index is 12.8. The van der Waals surface area contributed by atoms with Gasteiger partial charge in [-0.3, -0.25) is 10.1 Å². The number of fused-ring (bicyclic) bond motifs is 1. The highest BCUT2D eigenvalue weighted by Crippen LogP contribution is 2.30. The average Bonchev–Trinajstić information content (AvgIpc) is 2.88. The fraction of sp³-hybridized carbons (Fsp3) is 0.433. The molecule has 0 aliphatic carbocycles. The summed E-state index contributed by atoms with van der Waals surface area (Å²) < 4.78 is 12.2. The third-order valence-corrected chi connectivity index (χ3v) is 6.68. The number of esters is 1. The Morgan fingerprint density at radius 1 is 0.886 bits per heavy atom. The number of unbranched alkanes of at least 4 members (excludes halogenated alkanes) is 6. The Morgan fingerprint density at radius 3 is 2.29 bits per heavy atom. The summed E-state index contributed by atoms with van der Waals surface area (Å²) in [7, 11) is 1.81. The van der Waals surface area contributed by atoms with E-state index in [4.69, 9.17) is 21.1 Å². The van der Waals surface area contributed by atoms with Gasteiger partial charge < -0.3 is 9.47 Å². The Bertz CT molecular complexity index is 1050. The largest absolute Gasteiger partial charge is 0.493 e. The van der Waals surface area contributed by atoms with Gasteiger partial charge in [0.1, 0.15) is 5.75 Å². The first kappa shape index (κ1) is 27.0. The van der Waals surface area contributed by atoms with Crippen LogP contribution < -0.4 is 10.1 Å². The summed E-state index contributed by atoms with van der Waals surface area (Å²) in [6.07, 6.45) is 8.98. The molecule has 3 aromatic carbocycles. The number of hydrogen-bond donors (Lipinski definition) is 1. The molecular formula is C30H38ClNO3. The van der Waals surface area contributed by atoms with Gasteiger partial charge >= 0.3 is 5.97 Å². The second-order valence-electron chi connectivity index (χ2n) is 9.04. The molecule has 35 heavy (non-hydrogen) atoms. The minimum absolute atomic E-state index is 0.200. The Labute approximate surface area is 215 Å². The van der Waals surface area contributed by atoms with Crippen LogP contribution in [0.25, 0.3) is 10.8 Å². The van der Waals surface area contributed by atoms with Crippen LogP contribution in [0.5, 0.6) is 5.75 Å². The van der Waals surface area contributed by atoms with E-state index in [2.05, 4.69) is 30.4 Å². The molecule has 188 valence electrons. The first-order valence-electron chi connectivity index (χ1n) is 12.8. The number of rotatable bonds is 15. The summed E-state index contributed by atoms with van der Waals surface area (Å²) >= 11 is 6.12. The maximum atomic E-state index is 12.8.